The zero-order valence-electron chi connectivity index (χ0n) is 8.31. The van der Waals surface area contributed by atoms with Crippen LogP contribution < -0.4 is 10.5 Å². The molecule has 0 heterocycles. The number of sulfonamides is 1. The van der Waals surface area contributed by atoms with Crippen LogP contribution in [0.4, 0.5) is 5.69 Å². The molecule has 0 bridgehead atoms. The van der Waals surface area contributed by atoms with E-state index in [4.69, 9.17) is 17.3 Å². The second-order valence-corrected chi connectivity index (χ2v) is 5.47. The standard InChI is InChI=1S/C9H11ClN2O3S/c10-6-16(14,15)12-8-3-1-7(2-4-8)5-9(11)13/h1-4,12H,5-6H2,(H2,11,13). The maximum Gasteiger partial charge on any atom is 0.246 e. The van der Waals surface area contributed by atoms with Crippen molar-refractivity contribution in [2.24, 2.45) is 5.73 Å². The third kappa shape index (κ3) is 4.08. The molecule has 1 rings (SSSR count). The first-order valence-electron chi connectivity index (χ1n) is 4.36. The molecule has 1 amide bonds. The maximum atomic E-state index is 11.1. The second kappa shape index (κ2) is 5.18. The number of amides is 1. The van der Waals surface area contributed by atoms with Crippen molar-refractivity contribution < 1.29 is 13.2 Å². The summed E-state index contributed by atoms with van der Waals surface area (Å²) < 4.78 is 24.5. The topological polar surface area (TPSA) is 89.3 Å². The van der Waals surface area contributed by atoms with Gasteiger partial charge >= 0.3 is 0 Å². The summed E-state index contributed by atoms with van der Waals surface area (Å²) in [7, 11) is -3.48. The molecule has 0 aliphatic heterocycles. The van der Waals surface area contributed by atoms with E-state index in [2.05, 4.69) is 4.72 Å². The van der Waals surface area contributed by atoms with Crippen LogP contribution in [0.15, 0.2) is 24.3 Å². The van der Waals surface area contributed by atoms with Crippen LogP contribution in [0.25, 0.3) is 0 Å². The molecule has 1 aromatic rings. The molecule has 0 saturated carbocycles. The van der Waals surface area contributed by atoms with Gasteiger partial charge in [0.2, 0.25) is 15.9 Å². The Morgan fingerprint density at radius 1 is 1.31 bits per heavy atom. The molecular formula is C9H11ClN2O3S. The fourth-order valence-electron chi connectivity index (χ4n) is 1.10. The predicted octanol–water partition coefficient (Wildman–Crippen LogP) is 0.652. The fourth-order valence-corrected chi connectivity index (χ4v) is 1.81. The Labute approximate surface area is 98.6 Å². The zero-order valence-corrected chi connectivity index (χ0v) is 9.88. The minimum atomic E-state index is -3.48. The van der Waals surface area contributed by atoms with Crippen molar-refractivity contribution in [3.63, 3.8) is 0 Å². The van der Waals surface area contributed by atoms with E-state index in [1.165, 1.54) is 0 Å². The molecule has 0 radical (unpaired) electrons. The molecule has 0 saturated heterocycles. The van der Waals surface area contributed by atoms with Crippen LogP contribution in [0.1, 0.15) is 5.56 Å². The molecule has 0 fully saturated rings. The molecule has 0 spiro atoms. The van der Waals surface area contributed by atoms with Gasteiger partial charge < -0.3 is 5.73 Å². The van der Waals surface area contributed by atoms with Gasteiger partial charge in [0.1, 0.15) is 5.21 Å². The lowest BCUT2D eigenvalue weighted by molar-refractivity contribution is -0.117. The van der Waals surface area contributed by atoms with Crippen molar-refractivity contribution in [1.29, 1.82) is 0 Å². The Morgan fingerprint density at radius 3 is 2.31 bits per heavy atom. The SMILES string of the molecule is NC(=O)Cc1ccc(NS(=O)(=O)CCl)cc1. The number of hydrogen-bond acceptors (Lipinski definition) is 3. The summed E-state index contributed by atoms with van der Waals surface area (Å²) in [4.78, 5) is 10.6. The molecule has 0 aromatic heterocycles. The third-order valence-electron chi connectivity index (χ3n) is 1.75. The van der Waals surface area contributed by atoms with Crippen molar-refractivity contribution in [3.05, 3.63) is 29.8 Å². The average molecular weight is 263 g/mol. The highest BCUT2D eigenvalue weighted by atomic mass is 35.5. The Kier molecular flexibility index (Phi) is 4.14. The van der Waals surface area contributed by atoms with E-state index in [1.807, 2.05) is 0 Å². The van der Waals surface area contributed by atoms with E-state index in [0.29, 0.717) is 5.69 Å². The lowest BCUT2D eigenvalue weighted by Crippen LogP contribution is -2.14. The van der Waals surface area contributed by atoms with Crippen molar-refractivity contribution >= 4 is 33.2 Å². The summed E-state index contributed by atoms with van der Waals surface area (Å²) in [5.41, 5.74) is 6.14. The molecule has 1 aromatic carbocycles. The molecule has 7 heteroatoms. The average Bonchev–Trinajstić information content (AvgIpc) is 2.20. The van der Waals surface area contributed by atoms with Crippen LogP contribution in [0.2, 0.25) is 0 Å². The van der Waals surface area contributed by atoms with Crippen LogP contribution in [-0.4, -0.2) is 19.5 Å². The van der Waals surface area contributed by atoms with E-state index in [-0.39, 0.29) is 6.42 Å². The molecular weight excluding hydrogens is 252 g/mol. The van der Waals surface area contributed by atoms with E-state index < -0.39 is 21.1 Å². The highest BCUT2D eigenvalue weighted by Crippen LogP contribution is 2.12. The summed E-state index contributed by atoms with van der Waals surface area (Å²) in [6.45, 7) is 0. The number of carbonyl (C=O) groups excluding carboxylic acids is 1. The van der Waals surface area contributed by atoms with E-state index in [9.17, 15) is 13.2 Å². The maximum absolute atomic E-state index is 11.1. The van der Waals surface area contributed by atoms with Gasteiger partial charge in [-0.05, 0) is 17.7 Å². The zero-order chi connectivity index (χ0) is 12.2. The van der Waals surface area contributed by atoms with Gasteiger partial charge in [-0.1, -0.05) is 12.1 Å². The summed E-state index contributed by atoms with van der Waals surface area (Å²) in [6, 6.07) is 6.33. The summed E-state index contributed by atoms with van der Waals surface area (Å²) in [5.74, 6) is -0.436. The number of primary amides is 1. The summed E-state index contributed by atoms with van der Waals surface area (Å²) >= 11 is 5.23. The molecule has 0 unspecified atom stereocenters. The van der Waals surface area contributed by atoms with Gasteiger partial charge in [0.25, 0.3) is 0 Å². The lowest BCUT2D eigenvalue weighted by Gasteiger charge is -2.05. The van der Waals surface area contributed by atoms with E-state index in [1.54, 1.807) is 24.3 Å². The number of benzene rings is 1. The first kappa shape index (κ1) is 12.8. The number of alkyl halides is 1. The number of nitrogens with two attached hydrogens (primary N) is 1. The van der Waals surface area contributed by atoms with Crippen LogP contribution in [0.3, 0.4) is 0 Å². The quantitative estimate of drug-likeness (QED) is 0.764. The molecule has 3 N–H and O–H groups in total. The Hall–Kier alpha value is -1.27. The van der Waals surface area contributed by atoms with E-state index in [0.717, 1.165) is 5.56 Å². The third-order valence-corrected chi connectivity index (χ3v) is 3.45. The van der Waals surface area contributed by atoms with Crippen molar-refractivity contribution in [1.82, 2.24) is 0 Å². The molecule has 0 aliphatic rings. The molecule has 0 atom stereocenters. The highest BCUT2D eigenvalue weighted by molar-refractivity contribution is 7.93. The Bertz CT molecular complexity index is 470. The van der Waals surface area contributed by atoms with Crippen LogP contribution in [-0.2, 0) is 21.2 Å². The normalized spacial score (nSPS) is 11.1. The fraction of sp³-hybridized carbons (Fsp3) is 0.222. The van der Waals surface area contributed by atoms with Crippen molar-refractivity contribution in [3.8, 4) is 0 Å². The first-order chi connectivity index (χ1) is 7.43. The number of anilines is 1. The number of carbonyl (C=O) groups is 1. The lowest BCUT2D eigenvalue weighted by atomic mass is 10.1. The molecule has 0 aliphatic carbocycles. The summed E-state index contributed by atoms with van der Waals surface area (Å²) in [5, 5.41) is -0.504. The Balaban J connectivity index is 2.76. The van der Waals surface area contributed by atoms with Crippen molar-refractivity contribution in [2.75, 3.05) is 9.93 Å². The van der Waals surface area contributed by atoms with Gasteiger partial charge in [-0.3, -0.25) is 9.52 Å². The number of hydrogen-bond donors (Lipinski definition) is 2. The number of nitrogens with one attached hydrogen (secondary N) is 1. The second-order valence-electron chi connectivity index (χ2n) is 3.17. The van der Waals surface area contributed by atoms with Crippen molar-refractivity contribution in [2.45, 2.75) is 6.42 Å². The largest absolute Gasteiger partial charge is 0.369 e. The van der Waals surface area contributed by atoms with Gasteiger partial charge in [0.15, 0.2) is 0 Å². The molecule has 5 nitrogen and oxygen atoms in total. The minimum absolute atomic E-state index is 0.128. The Morgan fingerprint density at radius 2 is 1.88 bits per heavy atom. The predicted molar refractivity (Wildman–Crippen MR) is 62.6 cm³/mol. The first-order valence-corrected chi connectivity index (χ1v) is 6.55. The van der Waals surface area contributed by atoms with Crippen LogP contribution >= 0.6 is 11.6 Å². The smallest absolute Gasteiger partial charge is 0.246 e. The van der Waals surface area contributed by atoms with Crippen LogP contribution in [0.5, 0.6) is 0 Å². The van der Waals surface area contributed by atoms with Gasteiger partial charge in [0, 0.05) is 5.69 Å². The molecule has 16 heavy (non-hydrogen) atoms. The van der Waals surface area contributed by atoms with Gasteiger partial charge in [-0.25, -0.2) is 8.42 Å². The summed E-state index contributed by atoms with van der Waals surface area (Å²) in [6.07, 6.45) is 0.128. The van der Waals surface area contributed by atoms with E-state index >= 15 is 0 Å². The van der Waals surface area contributed by atoms with Gasteiger partial charge in [-0.15, -0.1) is 11.6 Å². The monoisotopic (exact) mass is 262 g/mol. The number of rotatable bonds is 5. The van der Waals surface area contributed by atoms with Crippen LogP contribution in [0, 0.1) is 0 Å². The molecule has 88 valence electrons. The minimum Gasteiger partial charge on any atom is -0.369 e. The van der Waals surface area contributed by atoms with Gasteiger partial charge in [0.05, 0.1) is 6.42 Å². The van der Waals surface area contributed by atoms with Gasteiger partial charge in [-0.2, -0.15) is 0 Å². The number of halogens is 1. The highest BCUT2D eigenvalue weighted by Gasteiger charge is 2.07.